The molecule has 0 aliphatic carbocycles. The lowest BCUT2D eigenvalue weighted by Crippen LogP contribution is -2.36. The average Bonchev–Trinajstić information content (AvgIpc) is 2.42. The van der Waals surface area contributed by atoms with Crippen LogP contribution in [0.15, 0.2) is 22.7 Å². The van der Waals surface area contributed by atoms with Crippen molar-refractivity contribution in [3.8, 4) is 5.75 Å². The summed E-state index contributed by atoms with van der Waals surface area (Å²) in [6, 6.07) is 6.22. The molecule has 4 heteroatoms. The second-order valence-corrected chi connectivity index (χ2v) is 5.63. The monoisotopic (exact) mass is 313 g/mol. The molecular weight excluding hydrogens is 294 g/mol. The van der Waals surface area contributed by atoms with Gasteiger partial charge in [0.1, 0.15) is 5.75 Å². The number of nitrogens with two attached hydrogens (primary N) is 1. The van der Waals surface area contributed by atoms with Crippen molar-refractivity contribution in [2.24, 2.45) is 11.7 Å². The van der Waals surface area contributed by atoms with Crippen LogP contribution in [0.3, 0.4) is 0 Å². The fraction of sp³-hybridized carbons (Fsp3) is 0.571. The molecule has 0 saturated carbocycles. The highest BCUT2D eigenvalue weighted by Gasteiger charge is 2.21. The molecule has 1 heterocycles. The third kappa shape index (κ3) is 3.46. The van der Waals surface area contributed by atoms with Gasteiger partial charge in [0.15, 0.2) is 0 Å². The molecule has 0 spiro atoms. The summed E-state index contributed by atoms with van der Waals surface area (Å²) in [5, 5.41) is 0. The third-order valence-corrected chi connectivity index (χ3v) is 4.35. The van der Waals surface area contributed by atoms with Crippen LogP contribution < -0.4 is 10.5 Å². The molecule has 1 atom stereocenters. The first-order chi connectivity index (χ1) is 8.70. The maximum absolute atomic E-state index is 6.32. The predicted octanol–water partition coefficient (Wildman–Crippen LogP) is 2.75. The molecule has 0 radical (unpaired) electrons. The lowest BCUT2D eigenvalue weighted by Gasteiger charge is -2.28. The van der Waals surface area contributed by atoms with Crippen molar-refractivity contribution in [2.75, 3.05) is 20.3 Å². The van der Waals surface area contributed by atoms with Gasteiger partial charge < -0.3 is 15.2 Å². The Hall–Kier alpha value is -0.580. The molecule has 3 nitrogen and oxygen atoms in total. The van der Waals surface area contributed by atoms with E-state index in [0.717, 1.165) is 42.7 Å². The van der Waals surface area contributed by atoms with Crippen LogP contribution in [0.1, 0.15) is 18.4 Å². The normalized spacial score (nSPS) is 18.6. The Bertz CT molecular complexity index is 391. The molecule has 2 N–H and O–H groups in total. The van der Waals surface area contributed by atoms with E-state index in [-0.39, 0.29) is 6.04 Å². The Kier molecular flexibility index (Phi) is 5.03. The molecule has 0 aromatic heterocycles. The highest BCUT2D eigenvalue weighted by atomic mass is 79.9. The highest BCUT2D eigenvalue weighted by molar-refractivity contribution is 9.10. The maximum atomic E-state index is 6.32. The van der Waals surface area contributed by atoms with E-state index in [2.05, 4.69) is 22.0 Å². The number of hydrogen-bond donors (Lipinski definition) is 1. The van der Waals surface area contributed by atoms with E-state index >= 15 is 0 Å². The van der Waals surface area contributed by atoms with Crippen LogP contribution in [0.25, 0.3) is 0 Å². The van der Waals surface area contributed by atoms with Crippen molar-refractivity contribution < 1.29 is 9.47 Å². The van der Waals surface area contributed by atoms with Crippen LogP contribution in [0.5, 0.6) is 5.75 Å². The minimum atomic E-state index is 0.192. The van der Waals surface area contributed by atoms with Gasteiger partial charge >= 0.3 is 0 Å². The molecule has 1 fully saturated rings. The molecule has 0 amide bonds. The van der Waals surface area contributed by atoms with E-state index in [1.165, 1.54) is 5.56 Å². The van der Waals surface area contributed by atoms with E-state index in [9.17, 15) is 0 Å². The molecule has 18 heavy (non-hydrogen) atoms. The van der Waals surface area contributed by atoms with Gasteiger partial charge in [-0.25, -0.2) is 0 Å². The molecule has 1 unspecified atom stereocenters. The minimum absolute atomic E-state index is 0.192. The standard InChI is InChI=1S/C14H20BrNO2/c1-17-12-2-3-13(15)11(8-12)9-14(16)10-4-6-18-7-5-10/h2-3,8,10,14H,4-7,9,16H2,1H3. The zero-order valence-electron chi connectivity index (χ0n) is 10.7. The molecule has 100 valence electrons. The van der Waals surface area contributed by atoms with E-state index in [1.807, 2.05) is 12.1 Å². The van der Waals surface area contributed by atoms with E-state index < -0.39 is 0 Å². The lowest BCUT2D eigenvalue weighted by atomic mass is 9.88. The van der Waals surface area contributed by atoms with Crippen molar-refractivity contribution in [2.45, 2.75) is 25.3 Å². The fourth-order valence-electron chi connectivity index (χ4n) is 2.40. The van der Waals surface area contributed by atoms with Gasteiger partial charge in [-0.3, -0.25) is 0 Å². The Labute approximate surface area is 117 Å². The van der Waals surface area contributed by atoms with Gasteiger partial charge in [0.25, 0.3) is 0 Å². The van der Waals surface area contributed by atoms with Crippen LogP contribution in [0.4, 0.5) is 0 Å². The number of benzene rings is 1. The molecule has 0 bridgehead atoms. The number of methoxy groups -OCH3 is 1. The number of hydrogen-bond acceptors (Lipinski definition) is 3. The Morgan fingerprint density at radius 2 is 2.17 bits per heavy atom. The van der Waals surface area contributed by atoms with Crippen molar-refractivity contribution in [3.63, 3.8) is 0 Å². The van der Waals surface area contributed by atoms with Crippen LogP contribution in [0.2, 0.25) is 0 Å². The maximum Gasteiger partial charge on any atom is 0.119 e. The van der Waals surface area contributed by atoms with Crippen molar-refractivity contribution in [1.82, 2.24) is 0 Å². The fourth-order valence-corrected chi connectivity index (χ4v) is 2.81. The quantitative estimate of drug-likeness (QED) is 0.929. The number of ether oxygens (including phenoxy) is 2. The zero-order valence-corrected chi connectivity index (χ0v) is 12.3. The van der Waals surface area contributed by atoms with Crippen molar-refractivity contribution >= 4 is 15.9 Å². The van der Waals surface area contributed by atoms with Crippen molar-refractivity contribution in [1.29, 1.82) is 0 Å². The molecule has 1 aromatic carbocycles. The summed E-state index contributed by atoms with van der Waals surface area (Å²) in [5.74, 6) is 1.45. The summed E-state index contributed by atoms with van der Waals surface area (Å²) in [5.41, 5.74) is 7.54. The van der Waals surface area contributed by atoms with E-state index in [1.54, 1.807) is 7.11 Å². The third-order valence-electron chi connectivity index (χ3n) is 3.58. The SMILES string of the molecule is COc1ccc(Br)c(CC(N)C2CCOCC2)c1. The van der Waals surface area contributed by atoms with E-state index in [4.69, 9.17) is 15.2 Å². The molecule has 1 saturated heterocycles. The molecule has 2 rings (SSSR count). The minimum Gasteiger partial charge on any atom is -0.497 e. The Balaban J connectivity index is 2.03. The molecular formula is C14H20BrNO2. The summed E-state index contributed by atoms with van der Waals surface area (Å²) >= 11 is 3.58. The highest BCUT2D eigenvalue weighted by Crippen LogP contribution is 2.26. The van der Waals surface area contributed by atoms with Crippen LogP contribution in [-0.2, 0) is 11.2 Å². The first-order valence-electron chi connectivity index (χ1n) is 6.36. The second-order valence-electron chi connectivity index (χ2n) is 4.78. The summed E-state index contributed by atoms with van der Waals surface area (Å²) in [4.78, 5) is 0. The predicted molar refractivity (Wildman–Crippen MR) is 75.9 cm³/mol. The first-order valence-corrected chi connectivity index (χ1v) is 7.15. The van der Waals surface area contributed by atoms with Gasteiger partial charge in [0.2, 0.25) is 0 Å². The topological polar surface area (TPSA) is 44.5 Å². The first kappa shape index (κ1) is 13.8. The Morgan fingerprint density at radius 3 is 2.83 bits per heavy atom. The lowest BCUT2D eigenvalue weighted by molar-refractivity contribution is 0.0584. The zero-order chi connectivity index (χ0) is 13.0. The van der Waals surface area contributed by atoms with Crippen LogP contribution in [-0.4, -0.2) is 26.4 Å². The molecule has 1 aliphatic rings. The average molecular weight is 314 g/mol. The van der Waals surface area contributed by atoms with Gasteiger partial charge in [-0.2, -0.15) is 0 Å². The summed E-state index contributed by atoms with van der Waals surface area (Å²) in [6.07, 6.45) is 3.02. The summed E-state index contributed by atoms with van der Waals surface area (Å²) < 4.78 is 11.7. The Morgan fingerprint density at radius 1 is 1.44 bits per heavy atom. The van der Waals surface area contributed by atoms with Gasteiger partial charge in [-0.15, -0.1) is 0 Å². The summed E-state index contributed by atoms with van der Waals surface area (Å²) in [6.45, 7) is 1.69. The smallest absolute Gasteiger partial charge is 0.119 e. The van der Waals surface area contributed by atoms with Crippen LogP contribution in [0, 0.1) is 5.92 Å². The summed E-state index contributed by atoms with van der Waals surface area (Å²) in [7, 11) is 1.69. The van der Waals surface area contributed by atoms with Gasteiger partial charge in [0, 0.05) is 23.7 Å². The van der Waals surface area contributed by atoms with E-state index in [0.29, 0.717) is 5.92 Å². The largest absolute Gasteiger partial charge is 0.497 e. The molecule has 1 aliphatic heterocycles. The van der Waals surface area contributed by atoms with Crippen molar-refractivity contribution in [3.05, 3.63) is 28.2 Å². The number of rotatable bonds is 4. The van der Waals surface area contributed by atoms with Gasteiger partial charge in [-0.1, -0.05) is 15.9 Å². The van der Waals surface area contributed by atoms with Crippen LogP contribution >= 0.6 is 15.9 Å². The number of halogens is 1. The van der Waals surface area contributed by atoms with Gasteiger partial charge in [0.05, 0.1) is 7.11 Å². The van der Waals surface area contributed by atoms with Gasteiger partial charge in [-0.05, 0) is 48.9 Å². The molecule has 1 aromatic rings. The second kappa shape index (κ2) is 6.55.